The standard InChI is InChI=1S/C22H30N4O2S/c1-14(2)26(15(3)4)12-11-23-21(28)19-13-29-22(25-19)17-7-5-16(6-8-17)20(27)24-18-9-10-18/h5-8,13-15,18H,9-12H2,1-4H3,(H,23,28)(H,24,27). The first-order valence-corrected chi connectivity index (χ1v) is 11.1. The lowest BCUT2D eigenvalue weighted by molar-refractivity contribution is 0.0932. The summed E-state index contributed by atoms with van der Waals surface area (Å²) < 4.78 is 0. The molecule has 0 aliphatic heterocycles. The molecule has 1 aromatic carbocycles. The van der Waals surface area contributed by atoms with Gasteiger partial charge in [0.05, 0.1) is 0 Å². The minimum Gasteiger partial charge on any atom is -0.349 e. The van der Waals surface area contributed by atoms with E-state index >= 15 is 0 Å². The van der Waals surface area contributed by atoms with E-state index in [9.17, 15) is 9.59 Å². The Labute approximate surface area is 176 Å². The van der Waals surface area contributed by atoms with E-state index in [1.165, 1.54) is 11.3 Å². The van der Waals surface area contributed by atoms with E-state index in [0.29, 0.717) is 35.9 Å². The highest BCUT2D eigenvalue weighted by atomic mass is 32.1. The molecule has 2 aromatic rings. The lowest BCUT2D eigenvalue weighted by Crippen LogP contribution is -2.42. The fraction of sp³-hybridized carbons (Fsp3) is 0.500. The van der Waals surface area contributed by atoms with Gasteiger partial charge in [0.1, 0.15) is 10.7 Å². The van der Waals surface area contributed by atoms with Gasteiger partial charge in [0.15, 0.2) is 0 Å². The number of amides is 2. The summed E-state index contributed by atoms with van der Waals surface area (Å²) in [6.45, 7) is 10.0. The molecule has 0 radical (unpaired) electrons. The second-order valence-corrected chi connectivity index (χ2v) is 8.90. The Bertz CT molecular complexity index is 833. The number of nitrogens with one attached hydrogen (secondary N) is 2. The number of carbonyl (C=O) groups is 2. The quantitative estimate of drug-likeness (QED) is 0.658. The summed E-state index contributed by atoms with van der Waals surface area (Å²) in [4.78, 5) is 31.3. The van der Waals surface area contributed by atoms with Gasteiger partial charge in [-0.05, 0) is 52.7 Å². The van der Waals surface area contributed by atoms with Crippen molar-refractivity contribution in [1.29, 1.82) is 0 Å². The third-order valence-electron chi connectivity index (χ3n) is 5.03. The van der Waals surface area contributed by atoms with Crippen molar-refractivity contribution in [3.8, 4) is 10.6 Å². The number of aromatic nitrogens is 1. The summed E-state index contributed by atoms with van der Waals surface area (Å²) in [5.74, 6) is -0.185. The van der Waals surface area contributed by atoms with Crippen LogP contribution in [-0.2, 0) is 0 Å². The van der Waals surface area contributed by atoms with Gasteiger partial charge in [0.2, 0.25) is 0 Å². The van der Waals surface area contributed by atoms with Crippen LogP contribution in [0.3, 0.4) is 0 Å². The van der Waals surface area contributed by atoms with E-state index in [0.717, 1.165) is 30.0 Å². The second-order valence-electron chi connectivity index (χ2n) is 8.04. The van der Waals surface area contributed by atoms with Crippen molar-refractivity contribution in [2.24, 2.45) is 0 Å². The maximum atomic E-state index is 12.4. The Hall–Kier alpha value is -2.25. The topological polar surface area (TPSA) is 74.3 Å². The third kappa shape index (κ3) is 5.87. The molecule has 29 heavy (non-hydrogen) atoms. The van der Waals surface area contributed by atoms with Gasteiger partial charge in [-0.3, -0.25) is 14.5 Å². The number of nitrogens with zero attached hydrogens (tertiary/aromatic N) is 2. The zero-order valence-electron chi connectivity index (χ0n) is 17.6. The number of thiazole rings is 1. The van der Waals surface area contributed by atoms with E-state index in [4.69, 9.17) is 0 Å². The molecule has 1 aliphatic carbocycles. The van der Waals surface area contributed by atoms with Gasteiger partial charge in [-0.25, -0.2) is 4.98 Å². The zero-order chi connectivity index (χ0) is 21.0. The molecule has 0 saturated heterocycles. The molecular formula is C22H30N4O2S. The van der Waals surface area contributed by atoms with Gasteiger partial charge >= 0.3 is 0 Å². The van der Waals surface area contributed by atoms with Crippen LogP contribution >= 0.6 is 11.3 Å². The van der Waals surface area contributed by atoms with Gasteiger partial charge in [0.25, 0.3) is 11.8 Å². The molecule has 2 amide bonds. The number of rotatable bonds is 9. The maximum absolute atomic E-state index is 12.4. The highest BCUT2D eigenvalue weighted by Gasteiger charge is 2.23. The van der Waals surface area contributed by atoms with Crippen molar-refractivity contribution in [1.82, 2.24) is 20.5 Å². The fourth-order valence-electron chi connectivity index (χ4n) is 3.27. The van der Waals surface area contributed by atoms with Gasteiger partial charge < -0.3 is 10.6 Å². The number of benzene rings is 1. The summed E-state index contributed by atoms with van der Waals surface area (Å²) in [6, 6.07) is 8.59. The SMILES string of the molecule is CC(C)N(CCNC(=O)c1csc(-c2ccc(C(=O)NC3CC3)cc2)n1)C(C)C. The van der Waals surface area contributed by atoms with Gasteiger partial charge in [-0.1, -0.05) is 12.1 Å². The van der Waals surface area contributed by atoms with E-state index in [1.807, 2.05) is 12.1 Å². The predicted octanol–water partition coefficient (Wildman–Crippen LogP) is 3.55. The largest absolute Gasteiger partial charge is 0.349 e. The van der Waals surface area contributed by atoms with Crippen LogP contribution in [-0.4, -0.2) is 52.9 Å². The number of carbonyl (C=O) groups excluding carboxylic acids is 2. The first-order chi connectivity index (χ1) is 13.8. The van der Waals surface area contributed by atoms with Crippen LogP contribution in [0.2, 0.25) is 0 Å². The Morgan fingerprint density at radius 3 is 2.34 bits per heavy atom. The predicted molar refractivity (Wildman–Crippen MR) is 117 cm³/mol. The molecule has 156 valence electrons. The van der Waals surface area contributed by atoms with Crippen LogP contribution in [0.5, 0.6) is 0 Å². The van der Waals surface area contributed by atoms with Crippen LogP contribution in [0, 0.1) is 0 Å². The lowest BCUT2D eigenvalue weighted by Gasteiger charge is -2.30. The van der Waals surface area contributed by atoms with E-state index < -0.39 is 0 Å². The highest BCUT2D eigenvalue weighted by Crippen LogP contribution is 2.25. The molecule has 1 heterocycles. The average molecular weight is 415 g/mol. The Kier molecular flexibility index (Phi) is 7.03. The molecule has 0 spiro atoms. The van der Waals surface area contributed by atoms with Crippen LogP contribution in [0.25, 0.3) is 10.6 Å². The lowest BCUT2D eigenvalue weighted by atomic mass is 10.1. The van der Waals surface area contributed by atoms with Crippen LogP contribution < -0.4 is 10.6 Å². The van der Waals surface area contributed by atoms with Gasteiger partial charge in [-0.15, -0.1) is 11.3 Å². The van der Waals surface area contributed by atoms with Crippen molar-refractivity contribution < 1.29 is 9.59 Å². The summed E-state index contributed by atoms with van der Waals surface area (Å²) >= 11 is 1.43. The molecular weight excluding hydrogens is 384 g/mol. The molecule has 0 unspecified atom stereocenters. The van der Waals surface area contributed by atoms with Gasteiger partial charge in [-0.2, -0.15) is 0 Å². The fourth-order valence-corrected chi connectivity index (χ4v) is 4.08. The van der Waals surface area contributed by atoms with Crippen molar-refractivity contribution >= 4 is 23.2 Å². The third-order valence-corrected chi connectivity index (χ3v) is 5.92. The monoisotopic (exact) mass is 414 g/mol. The number of hydrogen-bond acceptors (Lipinski definition) is 5. The minimum absolute atomic E-state index is 0.0323. The van der Waals surface area contributed by atoms with E-state index in [2.05, 4.69) is 48.2 Å². The minimum atomic E-state index is -0.152. The smallest absolute Gasteiger partial charge is 0.270 e. The molecule has 0 atom stereocenters. The first-order valence-electron chi connectivity index (χ1n) is 10.3. The molecule has 2 N–H and O–H groups in total. The summed E-state index contributed by atoms with van der Waals surface area (Å²) in [6.07, 6.45) is 2.14. The van der Waals surface area contributed by atoms with Crippen LogP contribution in [0.4, 0.5) is 0 Å². The molecule has 0 bridgehead atoms. The van der Waals surface area contributed by atoms with Crippen molar-refractivity contribution in [2.45, 2.75) is 58.7 Å². The summed E-state index contributed by atoms with van der Waals surface area (Å²) in [7, 11) is 0. The molecule has 3 rings (SSSR count). The van der Waals surface area contributed by atoms with Crippen LogP contribution in [0.15, 0.2) is 29.6 Å². The Morgan fingerprint density at radius 2 is 1.76 bits per heavy atom. The number of hydrogen-bond donors (Lipinski definition) is 2. The summed E-state index contributed by atoms with van der Waals surface area (Å²) in [5.41, 5.74) is 1.99. The maximum Gasteiger partial charge on any atom is 0.270 e. The second kappa shape index (κ2) is 9.50. The zero-order valence-corrected chi connectivity index (χ0v) is 18.4. The highest BCUT2D eigenvalue weighted by molar-refractivity contribution is 7.13. The van der Waals surface area contributed by atoms with Crippen molar-refractivity contribution in [3.05, 3.63) is 40.9 Å². The molecule has 6 nitrogen and oxygen atoms in total. The van der Waals surface area contributed by atoms with Gasteiger partial charge in [0, 0.05) is 47.7 Å². The van der Waals surface area contributed by atoms with Crippen molar-refractivity contribution in [3.63, 3.8) is 0 Å². The average Bonchev–Trinajstić information content (AvgIpc) is 3.36. The normalized spacial score (nSPS) is 13.9. The first kappa shape index (κ1) is 21.5. The van der Waals surface area contributed by atoms with Crippen LogP contribution in [0.1, 0.15) is 61.4 Å². The molecule has 1 fully saturated rings. The molecule has 1 aliphatic rings. The molecule has 1 saturated carbocycles. The molecule has 7 heteroatoms. The molecule has 1 aromatic heterocycles. The Morgan fingerprint density at radius 1 is 1.10 bits per heavy atom. The van der Waals surface area contributed by atoms with E-state index in [1.54, 1.807) is 17.5 Å². The summed E-state index contributed by atoms with van der Waals surface area (Å²) in [5, 5.41) is 8.50. The Balaban J connectivity index is 1.55. The van der Waals surface area contributed by atoms with Crippen molar-refractivity contribution in [2.75, 3.05) is 13.1 Å². The van der Waals surface area contributed by atoms with E-state index in [-0.39, 0.29) is 11.8 Å².